The summed E-state index contributed by atoms with van der Waals surface area (Å²) in [5, 5.41) is 1.26. The topological polar surface area (TPSA) is 56.4 Å². The first-order valence-electron chi connectivity index (χ1n) is 11.9. The molecule has 172 valence electrons. The molecular weight excluding hydrogens is 418 g/mol. The Labute approximate surface area is 192 Å². The third-order valence-electron chi connectivity index (χ3n) is 6.95. The number of aromatic amines is 1. The second-order valence-electron chi connectivity index (χ2n) is 8.74. The number of piperidine rings is 1. The smallest absolute Gasteiger partial charge is 0.213 e. The average Bonchev–Trinajstić information content (AvgIpc) is 3.26. The number of aromatic nitrogens is 1. The highest BCUT2D eigenvalue weighted by Crippen LogP contribution is 2.35. The highest BCUT2D eigenvalue weighted by atomic mass is 32.2. The van der Waals surface area contributed by atoms with E-state index in [0.29, 0.717) is 19.0 Å². The summed E-state index contributed by atoms with van der Waals surface area (Å²) in [6.07, 6.45) is 3.86. The van der Waals surface area contributed by atoms with E-state index in [2.05, 4.69) is 72.4 Å². The van der Waals surface area contributed by atoms with Crippen molar-refractivity contribution in [2.45, 2.75) is 46.1 Å². The van der Waals surface area contributed by atoms with Crippen LogP contribution in [0.15, 0.2) is 48.7 Å². The molecule has 6 heteroatoms. The zero-order valence-corrected chi connectivity index (χ0v) is 20.3. The number of H-pyrrole nitrogens is 1. The van der Waals surface area contributed by atoms with Crippen molar-refractivity contribution in [2.24, 2.45) is 0 Å². The van der Waals surface area contributed by atoms with Crippen molar-refractivity contribution in [3.8, 4) is 11.1 Å². The highest BCUT2D eigenvalue weighted by Gasteiger charge is 2.28. The number of benzene rings is 2. The molecule has 1 aliphatic heterocycles. The van der Waals surface area contributed by atoms with Crippen LogP contribution in [-0.2, 0) is 16.6 Å². The monoisotopic (exact) mass is 453 g/mol. The Morgan fingerprint density at radius 1 is 0.969 bits per heavy atom. The van der Waals surface area contributed by atoms with Gasteiger partial charge in [-0.3, -0.25) is 4.90 Å². The zero-order valence-electron chi connectivity index (χ0n) is 19.5. The standard InChI is InChI=1S/C26H35N3O2S/c1-4-28(5-2)19-20-7-9-21(10-8-20)23-11-12-26-24(17-23)25(18-27-26)22-13-15-29(16-14-22)32(30,31)6-3/h7-12,17-18,22,27H,4-6,13-16,19H2,1-3H3. The van der Waals surface area contributed by atoms with E-state index in [1.54, 1.807) is 11.2 Å². The second-order valence-corrected chi connectivity index (χ2v) is 11.0. The average molecular weight is 454 g/mol. The zero-order chi connectivity index (χ0) is 22.7. The maximum Gasteiger partial charge on any atom is 0.213 e. The molecule has 1 saturated heterocycles. The lowest BCUT2D eigenvalue weighted by Gasteiger charge is -2.30. The van der Waals surface area contributed by atoms with Crippen LogP contribution in [0, 0.1) is 0 Å². The molecule has 0 spiro atoms. The van der Waals surface area contributed by atoms with Crippen molar-refractivity contribution in [2.75, 3.05) is 31.9 Å². The molecule has 1 aromatic heterocycles. The Balaban J connectivity index is 1.53. The molecule has 1 N–H and O–H groups in total. The van der Waals surface area contributed by atoms with Crippen molar-refractivity contribution < 1.29 is 8.42 Å². The quantitative estimate of drug-likeness (QED) is 0.510. The van der Waals surface area contributed by atoms with E-state index in [9.17, 15) is 8.42 Å². The summed E-state index contributed by atoms with van der Waals surface area (Å²) in [6, 6.07) is 15.5. The molecule has 0 unspecified atom stereocenters. The van der Waals surface area contributed by atoms with Crippen LogP contribution in [0.4, 0.5) is 0 Å². The molecule has 3 aromatic rings. The number of fused-ring (bicyclic) bond motifs is 1. The van der Waals surface area contributed by atoms with Crippen LogP contribution in [-0.4, -0.2) is 54.5 Å². The molecule has 2 aromatic carbocycles. The summed E-state index contributed by atoms with van der Waals surface area (Å²) in [5.74, 6) is 0.570. The molecule has 0 aliphatic carbocycles. The Morgan fingerprint density at radius 2 is 1.62 bits per heavy atom. The largest absolute Gasteiger partial charge is 0.361 e. The maximum absolute atomic E-state index is 12.2. The minimum absolute atomic E-state index is 0.182. The first kappa shape index (κ1) is 23.0. The minimum atomic E-state index is -3.09. The van der Waals surface area contributed by atoms with Crippen molar-refractivity contribution in [1.29, 1.82) is 0 Å². The number of sulfonamides is 1. The molecule has 0 bridgehead atoms. The van der Waals surface area contributed by atoms with Gasteiger partial charge in [-0.25, -0.2) is 12.7 Å². The molecule has 5 nitrogen and oxygen atoms in total. The maximum atomic E-state index is 12.2. The van der Waals surface area contributed by atoms with E-state index in [0.717, 1.165) is 38.0 Å². The number of nitrogens with zero attached hydrogens (tertiary/aromatic N) is 2. The summed E-state index contributed by atoms with van der Waals surface area (Å²) in [6.45, 7) is 10.5. The lowest BCUT2D eigenvalue weighted by atomic mass is 9.89. The fourth-order valence-electron chi connectivity index (χ4n) is 4.80. The van der Waals surface area contributed by atoms with Crippen molar-refractivity contribution >= 4 is 20.9 Å². The first-order valence-corrected chi connectivity index (χ1v) is 13.5. The molecule has 0 radical (unpaired) electrons. The molecule has 0 atom stereocenters. The van der Waals surface area contributed by atoms with Gasteiger partial charge in [0.1, 0.15) is 0 Å². The number of rotatable bonds is 8. The molecule has 32 heavy (non-hydrogen) atoms. The summed E-state index contributed by atoms with van der Waals surface area (Å²) in [7, 11) is -3.09. The predicted octanol–water partition coefficient (Wildman–Crippen LogP) is 5.21. The highest BCUT2D eigenvalue weighted by molar-refractivity contribution is 7.89. The fourth-order valence-corrected chi connectivity index (χ4v) is 5.93. The van der Waals surface area contributed by atoms with Gasteiger partial charge in [-0.1, -0.05) is 44.2 Å². The van der Waals surface area contributed by atoms with Crippen LogP contribution in [0.2, 0.25) is 0 Å². The molecule has 0 saturated carbocycles. The Morgan fingerprint density at radius 3 is 2.25 bits per heavy atom. The van der Waals surface area contributed by atoms with Crippen molar-refractivity contribution in [1.82, 2.24) is 14.2 Å². The van der Waals surface area contributed by atoms with Crippen LogP contribution in [0.25, 0.3) is 22.0 Å². The van der Waals surface area contributed by atoms with E-state index in [-0.39, 0.29) is 5.75 Å². The van der Waals surface area contributed by atoms with Crippen molar-refractivity contribution in [3.63, 3.8) is 0 Å². The van der Waals surface area contributed by atoms with Gasteiger partial charge in [0.05, 0.1) is 5.75 Å². The van der Waals surface area contributed by atoms with Gasteiger partial charge in [0, 0.05) is 36.7 Å². The first-order chi connectivity index (χ1) is 15.4. The normalized spacial score (nSPS) is 16.2. The van der Waals surface area contributed by atoms with Crippen LogP contribution >= 0.6 is 0 Å². The van der Waals surface area contributed by atoms with Crippen LogP contribution in [0.3, 0.4) is 0 Å². The molecular formula is C26H35N3O2S. The number of hydrogen-bond acceptors (Lipinski definition) is 3. The minimum Gasteiger partial charge on any atom is -0.361 e. The third kappa shape index (κ3) is 4.77. The van der Waals surface area contributed by atoms with Gasteiger partial charge < -0.3 is 4.98 Å². The molecule has 0 amide bonds. The van der Waals surface area contributed by atoms with Gasteiger partial charge in [-0.2, -0.15) is 0 Å². The Bertz CT molecular complexity index is 1140. The van der Waals surface area contributed by atoms with Gasteiger partial charge in [-0.05, 0) is 73.2 Å². The number of nitrogens with one attached hydrogen (secondary N) is 1. The SMILES string of the molecule is CCN(CC)Cc1ccc(-c2ccc3[nH]cc(C4CCN(S(=O)(=O)CC)CC4)c3c2)cc1. The second kappa shape index (κ2) is 9.77. The lowest BCUT2D eigenvalue weighted by Crippen LogP contribution is -2.38. The molecule has 1 fully saturated rings. The van der Waals surface area contributed by atoms with Crippen LogP contribution in [0.5, 0.6) is 0 Å². The predicted molar refractivity (Wildman–Crippen MR) is 133 cm³/mol. The molecule has 1 aliphatic rings. The van der Waals surface area contributed by atoms with E-state index >= 15 is 0 Å². The summed E-state index contributed by atoms with van der Waals surface area (Å²) >= 11 is 0. The Hall–Kier alpha value is -2.15. The van der Waals surface area contributed by atoms with E-state index < -0.39 is 10.0 Å². The Kier molecular flexibility index (Phi) is 7.03. The van der Waals surface area contributed by atoms with Crippen molar-refractivity contribution in [3.05, 3.63) is 59.8 Å². The lowest BCUT2D eigenvalue weighted by molar-refractivity contribution is 0.296. The van der Waals surface area contributed by atoms with Gasteiger partial charge >= 0.3 is 0 Å². The fraction of sp³-hybridized carbons (Fsp3) is 0.462. The van der Waals surface area contributed by atoms with Gasteiger partial charge in [0.25, 0.3) is 0 Å². The number of hydrogen-bond donors (Lipinski definition) is 1. The van der Waals surface area contributed by atoms with Gasteiger partial charge in [-0.15, -0.1) is 0 Å². The van der Waals surface area contributed by atoms with Crippen LogP contribution < -0.4 is 0 Å². The van der Waals surface area contributed by atoms with E-state index in [4.69, 9.17) is 0 Å². The molecule has 4 rings (SSSR count). The summed E-state index contributed by atoms with van der Waals surface area (Å²) in [4.78, 5) is 5.84. The summed E-state index contributed by atoms with van der Waals surface area (Å²) < 4.78 is 26.0. The van der Waals surface area contributed by atoms with E-state index in [1.807, 2.05) is 0 Å². The van der Waals surface area contributed by atoms with Gasteiger partial charge in [0.15, 0.2) is 0 Å². The van der Waals surface area contributed by atoms with E-state index in [1.165, 1.54) is 27.6 Å². The van der Waals surface area contributed by atoms with Crippen LogP contribution in [0.1, 0.15) is 50.7 Å². The van der Waals surface area contributed by atoms with Gasteiger partial charge in [0.2, 0.25) is 10.0 Å². The third-order valence-corrected chi connectivity index (χ3v) is 8.84. The molecule has 2 heterocycles. The summed E-state index contributed by atoms with van der Waals surface area (Å²) in [5.41, 5.74) is 6.25.